The van der Waals surface area contributed by atoms with Gasteiger partial charge < -0.3 is 4.90 Å². The monoisotopic (exact) mass is 519 g/mol. The molecule has 39 heavy (non-hydrogen) atoms. The molecule has 0 saturated carbocycles. The molecule has 6 nitrogen and oxygen atoms in total. The lowest BCUT2D eigenvalue weighted by molar-refractivity contribution is 0.0652. The van der Waals surface area contributed by atoms with Gasteiger partial charge >= 0.3 is 0 Å². The molecule has 200 valence electrons. The molecule has 2 aliphatic heterocycles. The van der Waals surface area contributed by atoms with Gasteiger partial charge in [0, 0.05) is 52.9 Å². The van der Waals surface area contributed by atoms with Crippen LogP contribution in [-0.4, -0.2) is 62.1 Å². The van der Waals surface area contributed by atoms with Crippen LogP contribution in [0.25, 0.3) is 33.4 Å². The molecule has 0 spiro atoms. The van der Waals surface area contributed by atoms with E-state index in [1.165, 1.54) is 48.9 Å². The lowest BCUT2D eigenvalue weighted by Gasteiger charge is -2.41. The van der Waals surface area contributed by atoms with Gasteiger partial charge in [-0.15, -0.1) is 0 Å². The highest BCUT2D eigenvalue weighted by Gasteiger charge is 2.38. The van der Waals surface area contributed by atoms with Crippen LogP contribution in [0.2, 0.25) is 0 Å². The highest BCUT2D eigenvalue weighted by Crippen LogP contribution is 2.38. The Morgan fingerprint density at radius 2 is 1.69 bits per heavy atom. The molecular formula is C33H37N5O. The predicted octanol–water partition coefficient (Wildman–Crippen LogP) is 6.26. The Hall–Kier alpha value is -3.51. The summed E-state index contributed by atoms with van der Waals surface area (Å²) in [5.74, 6) is 0.115. The van der Waals surface area contributed by atoms with Crippen molar-refractivity contribution in [2.75, 3.05) is 19.6 Å². The van der Waals surface area contributed by atoms with Crippen LogP contribution in [-0.2, 0) is 12.8 Å². The van der Waals surface area contributed by atoms with Crippen molar-refractivity contribution in [2.45, 2.75) is 70.4 Å². The highest BCUT2D eigenvalue weighted by molar-refractivity contribution is 5.97. The van der Waals surface area contributed by atoms with Crippen molar-refractivity contribution < 1.29 is 4.79 Å². The zero-order valence-corrected chi connectivity index (χ0v) is 23.0. The number of hydrogen-bond donors (Lipinski definition) is 1. The number of likely N-dealkylation sites (tertiary alicyclic amines) is 2. The lowest BCUT2D eigenvalue weighted by atomic mass is 9.89. The van der Waals surface area contributed by atoms with Crippen LogP contribution in [0.4, 0.5) is 0 Å². The van der Waals surface area contributed by atoms with E-state index in [1.54, 1.807) is 0 Å². The Morgan fingerprint density at radius 1 is 0.923 bits per heavy atom. The van der Waals surface area contributed by atoms with E-state index in [2.05, 4.69) is 53.2 Å². The van der Waals surface area contributed by atoms with E-state index in [-0.39, 0.29) is 11.4 Å². The van der Waals surface area contributed by atoms with Crippen LogP contribution >= 0.6 is 0 Å². The van der Waals surface area contributed by atoms with E-state index >= 15 is 0 Å². The number of carbonyl (C=O) groups excluding carboxylic acids is 1. The number of fused-ring (bicyclic) bond motifs is 2. The summed E-state index contributed by atoms with van der Waals surface area (Å²) in [6, 6.07) is 17.8. The summed E-state index contributed by atoms with van der Waals surface area (Å²) < 4.78 is 0. The molecule has 6 heteroatoms. The molecule has 3 aliphatic rings. The van der Waals surface area contributed by atoms with Gasteiger partial charge in [0.2, 0.25) is 0 Å². The minimum absolute atomic E-state index is 0.115. The smallest absolute Gasteiger partial charge is 0.253 e. The fourth-order valence-electron chi connectivity index (χ4n) is 7.00. The van der Waals surface area contributed by atoms with Crippen molar-refractivity contribution in [3.63, 3.8) is 0 Å². The zero-order chi connectivity index (χ0) is 26.6. The molecule has 1 N–H and O–H groups in total. The maximum Gasteiger partial charge on any atom is 0.253 e. The number of hydrogen-bond acceptors (Lipinski definition) is 4. The fourth-order valence-corrected chi connectivity index (χ4v) is 7.00. The Bertz CT molecular complexity index is 1540. The molecule has 4 aromatic rings. The van der Waals surface area contributed by atoms with Crippen molar-refractivity contribution in [3.8, 4) is 22.4 Å². The number of nitrogens with one attached hydrogen (secondary N) is 1. The van der Waals surface area contributed by atoms with Crippen molar-refractivity contribution >= 4 is 16.9 Å². The Kier molecular flexibility index (Phi) is 6.03. The van der Waals surface area contributed by atoms with Crippen LogP contribution in [0.5, 0.6) is 0 Å². The van der Waals surface area contributed by atoms with E-state index in [1.807, 2.05) is 35.4 Å². The summed E-state index contributed by atoms with van der Waals surface area (Å²) in [4.78, 5) is 21.9. The third-order valence-electron chi connectivity index (χ3n) is 9.63. The first-order chi connectivity index (χ1) is 19.0. The van der Waals surface area contributed by atoms with Crippen LogP contribution < -0.4 is 0 Å². The Balaban J connectivity index is 1.15. The lowest BCUT2D eigenvalue weighted by Crippen LogP contribution is -2.48. The SMILES string of the molecule is CC1CCCN1C1(C)CCc2ccc(-c3cnc4n[nH]c(-c5ccc(C(=O)N6CCC6)cc5)c4c3)cc2CC1. The number of aromatic nitrogens is 3. The van der Waals surface area contributed by atoms with Crippen molar-refractivity contribution in [3.05, 3.63) is 71.4 Å². The minimum Gasteiger partial charge on any atom is -0.339 e. The second-order valence-corrected chi connectivity index (χ2v) is 12.1. The highest BCUT2D eigenvalue weighted by atomic mass is 16.2. The molecule has 2 aromatic carbocycles. The number of pyridine rings is 1. The van der Waals surface area contributed by atoms with E-state index in [0.29, 0.717) is 11.7 Å². The van der Waals surface area contributed by atoms with E-state index < -0.39 is 0 Å². The summed E-state index contributed by atoms with van der Waals surface area (Å²) in [5, 5.41) is 8.65. The van der Waals surface area contributed by atoms with Crippen LogP contribution in [0.15, 0.2) is 54.7 Å². The van der Waals surface area contributed by atoms with Crippen LogP contribution in [0, 0.1) is 0 Å². The van der Waals surface area contributed by atoms with Gasteiger partial charge in [0.25, 0.3) is 5.91 Å². The summed E-state index contributed by atoms with van der Waals surface area (Å²) in [6.45, 7) is 7.87. The van der Waals surface area contributed by atoms with E-state index in [0.717, 1.165) is 60.1 Å². The van der Waals surface area contributed by atoms with Crippen molar-refractivity contribution in [1.82, 2.24) is 25.0 Å². The number of aryl methyl sites for hydroxylation is 2. The van der Waals surface area contributed by atoms with Gasteiger partial charge in [0.1, 0.15) is 0 Å². The maximum absolute atomic E-state index is 12.6. The van der Waals surface area contributed by atoms with Gasteiger partial charge in [-0.25, -0.2) is 4.98 Å². The second-order valence-electron chi connectivity index (χ2n) is 12.1. The fraction of sp³-hybridized carbons (Fsp3) is 0.424. The Morgan fingerprint density at radius 3 is 2.41 bits per heavy atom. The minimum atomic E-state index is 0.115. The molecule has 2 saturated heterocycles. The molecule has 2 unspecified atom stereocenters. The quantitative estimate of drug-likeness (QED) is 0.323. The number of aromatic amines is 1. The van der Waals surface area contributed by atoms with Gasteiger partial charge in [-0.05, 0) is 100 Å². The number of benzene rings is 2. The number of amides is 1. The number of nitrogens with zero attached hydrogens (tertiary/aromatic N) is 4. The third kappa shape index (κ3) is 4.35. The average molecular weight is 520 g/mol. The first-order valence-electron chi connectivity index (χ1n) is 14.6. The normalized spacial score (nSPS) is 23.4. The zero-order valence-electron chi connectivity index (χ0n) is 23.0. The van der Waals surface area contributed by atoms with Gasteiger partial charge in [-0.1, -0.05) is 30.3 Å². The Labute approximate surface area is 230 Å². The van der Waals surface area contributed by atoms with Gasteiger partial charge in [0.15, 0.2) is 5.65 Å². The number of H-pyrrole nitrogens is 1. The maximum atomic E-state index is 12.6. The van der Waals surface area contributed by atoms with E-state index in [4.69, 9.17) is 4.98 Å². The topological polar surface area (TPSA) is 65.1 Å². The molecule has 0 bridgehead atoms. The molecule has 2 aromatic heterocycles. The van der Waals surface area contributed by atoms with Crippen LogP contribution in [0.3, 0.4) is 0 Å². The number of rotatable bonds is 4. The largest absolute Gasteiger partial charge is 0.339 e. The molecule has 0 radical (unpaired) electrons. The predicted molar refractivity (Wildman–Crippen MR) is 156 cm³/mol. The molecule has 1 aliphatic carbocycles. The summed E-state index contributed by atoms with van der Waals surface area (Å²) in [5.41, 5.74) is 8.99. The van der Waals surface area contributed by atoms with Gasteiger partial charge in [-0.3, -0.25) is 14.8 Å². The number of carbonyl (C=O) groups is 1. The molecule has 1 amide bonds. The molecule has 2 fully saturated rings. The average Bonchev–Trinajstić information content (AvgIpc) is 3.52. The summed E-state index contributed by atoms with van der Waals surface area (Å²) in [7, 11) is 0. The van der Waals surface area contributed by atoms with Crippen molar-refractivity contribution in [2.24, 2.45) is 0 Å². The van der Waals surface area contributed by atoms with E-state index in [9.17, 15) is 4.79 Å². The van der Waals surface area contributed by atoms with Crippen molar-refractivity contribution in [1.29, 1.82) is 0 Å². The molecule has 4 heterocycles. The second kappa shape index (κ2) is 9.60. The molecule has 2 atom stereocenters. The first-order valence-corrected chi connectivity index (χ1v) is 14.6. The standard InChI is InChI=1S/C33H37N5O/c1-22-5-3-18-38(22)33(2)14-12-23-6-11-26(19-27(23)13-15-33)28-20-29-30(35-36-31(29)34-21-28)24-7-9-25(10-8-24)32(39)37-16-4-17-37/h6-11,19-22H,3-5,12-18H2,1-2H3,(H,34,35,36). The van der Waals surface area contributed by atoms with Gasteiger partial charge in [-0.2, -0.15) is 5.10 Å². The summed E-state index contributed by atoms with van der Waals surface area (Å²) in [6.07, 6.45) is 10.4. The van der Waals surface area contributed by atoms with Crippen LogP contribution in [0.1, 0.15) is 67.4 Å². The first kappa shape index (κ1) is 24.5. The summed E-state index contributed by atoms with van der Waals surface area (Å²) >= 11 is 0. The third-order valence-corrected chi connectivity index (χ3v) is 9.63. The molecule has 7 rings (SSSR count). The van der Waals surface area contributed by atoms with Gasteiger partial charge in [0.05, 0.1) is 5.69 Å². The molecular weight excluding hydrogens is 482 g/mol.